The molecule has 0 aliphatic heterocycles. The van der Waals surface area contributed by atoms with E-state index in [0.717, 1.165) is 27.9 Å². The molecule has 0 aliphatic rings. The van der Waals surface area contributed by atoms with Crippen LogP contribution in [-0.2, 0) is 5.33 Å². The van der Waals surface area contributed by atoms with Gasteiger partial charge in [-0.05, 0) is 30.7 Å². The van der Waals surface area contributed by atoms with E-state index in [4.69, 9.17) is 4.74 Å². The molecule has 2 aromatic rings. The van der Waals surface area contributed by atoms with Gasteiger partial charge in [-0.3, -0.25) is 0 Å². The summed E-state index contributed by atoms with van der Waals surface area (Å²) in [6, 6.07) is 10.0. The Morgan fingerprint density at radius 2 is 2.05 bits per heavy atom. The largest absolute Gasteiger partial charge is 0.439 e. The van der Waals surface area contributed by atoms with E-state index in [2.05, 4.69) is 27.0 Å². The molecule has 0 radical (unpaired) electrons. The number of halogens is 1. The van der Waals surface area contributed by atoms with Crippen LogP contribution in [0.5, 0.6) is 11.6 Å². The minimum absolute atomic E-state index is 0.653. The van der Waals surface area contributed by atoms with Crippen molar-refractivity contribution in [2.45, 2.75) is 12.3 Å². The number of aromatic nitrogens is 1. The molecular formula is C15H17BrN2O. The van der Waals surface area contributed by atoms with Gasteiger partial charge in [-0.15, -0.1) is 0 Å². The lowest BCUT2D eigenvalue weighted by atomic mass is 10.2. The number of nitrogens with zero attached hydrogens (tertiary/aromatic N) is 2. The van der Waals surface area contributed by atoms with Crippen molar-refractivity contribution in [1.29, 1.82) is 0 Å². The van der Waals surface area contributed by atoms with Crippen molar-refractivity contribution in [2.24, 2.45) is 0 Å². The van der Waals surface area contributed by atoms with Gasteiger partial charge in [-0.25, -0.2) is 4.98 Å². The number of rotatable bonds is 4. The topological polar surface area (TPSA) is 25.4 Å². The summed E-state index contributed by atoms with van der Waals surface area (Å²) in [4.78, 5) is 6.40. The normalized spacial score (nSPS) is 10.3. The molecule has 19 heavy (non-hydrogen) atoms. The third-order valence-corrected chi connectivity index (χ3v) is 3.44. The monoisotopic (exact) mass is 320 g/mol. The maximum atomic E-state index is 5.85. The maximum Gasteiger partial charge on any atom is 0.222 e. The van der Waals surface area contributed by atoms with Crippen LogP contribution in [0, 0.1) is 6.92 Å². The van der Waals surface area contributed by atoms with Crippen LogP contribution < -0.4 is 9.64 Å². The summed E-state index contributed by atoms with van der Waals surface area (Å²) in [5, 5.41) is 0.803. The quantitative estimate of drug-likeness (QED) is 0.791. The molecule has 0 bridgehead atoms. The summed E-state index contributed by atoms with van der Waals surface area (Å²) >= 11 is 3.42. The standard InChI is InChI=1S/C15H17BrN2O/c1-11-7-12(9-16)10-17-15(11)19-14-6-4-5-13(8-14)18(2)3/h4-8,10H,9H2,1-3H3. The van der Waals surface area contributed by atoms with E-state index < -0.39 is 0 Å². The number of ether oxygens (including phenoxy) is 1. The summed E-state index contributed by atoms with van der Waals surface area (Å²) in [6.07, 6.45) is 1.83. The average molecular weight is 321 g/mol. The van der Waals surface area contributed by atoms with Crippen LogP contribution in [0.1, 0.15) is 11.1 Å². The van der Waals surface area contributed by atoms with Gasteiger partial charge in [0.25, 0.3) is 0 Å². The predicted octanol–water partition coefficient (Wildman–Crippen LogP) is 4.14. The number of anilines is 1. The summed E-state index contributed by atoms with van der Waals surface area (Å²) in [6.45, 7) is 2.00. The predicted molar refractivity (Wildman–Crippen MR) is 82.4 cm³/mol. The molecular weight excluding hydrogens is 304 g/mol. The van der Waals surface area contributed by atoms with Gasteiger partial charge >= 0.3 is 0 Å². The van der Waals surface area contributed by atoms with Crippen molar-refractivity contribution in [3.8, 4) is 11.6 Å². The van der Waals surface area contributed by atoms with Crippen LogP contribution in [0.3, 0.4) is 0 Å². The first-order valence-electron chi connectivity index (χ1n) is 6.07. The van der Waals surface area contributed by atoms with Crippen LogP contribution in [0.25, 0.3) is 0 Å². The number of benzene rings is 1. The molecule has 0 unspecified atom stereocenters. The van der Waals surface area contributed by atoms with E-state index in [-0.39, 0.29) is 0 Å². The zero-order chi connectivity index (χ0) is 13.8. The number of hydrogen-bond acceptors (Lipinski definition) is 3. The number of hydrogen-bond donors (Lipinski definition) is 0. The number of aryl methyl sites for hydroxylation is 1. The fraction of sp³-hybridized carbons (Fsp3) is 0.267. The summed E-state index contributed by atoms with van der Waals surface area (Å²) in [5.74, 6) is 1.45. The van der Waals surface area contributed by atoms with Crippen molar-refractivity contribution >= 4 is 21.6 Å². The second kappa shape index (κ2) is 6.06. The Morgan fingerprint density at radius 3 is 2.68 bits per heavy atom. The minimum atomic E-state index is 0.653. The van der Waals surface area contributed by atoms with Crippen molar-refractivity contribution in [3.05, 3.63) is 47.7 Å². The summed E-state index contributed by atoms with van der Waals surface area (Å²) < 4.78 is 5.85. The van der Waals surface area contributed by atoms with Gasteiger partial charge in [0.1, 0.15) is 5.75 Å². The van der Waals surface area contributed by atoms with Gasteiger partial charge in [0.05, 0.1) is 0 Å². The smallest absolute Gasteiger partial charge is 0.222 e. The lowest BCUT2D eigenvalue weighted by Gasteiger charge is -2.14. The SMILES string of the molecule is Cc1cc(CBr)cnc1Oc1cccc(N(C)C)c1. The van der Waals surface area contributed by atoms with Crippen LogP contribution in [-0.4, -0.2) is 19.1 Å². The van der Waals surface area contributed by atoms with Gasteiger partial charge in [0.15, 0.2) is 0 Å². The van der Waals surface area contributed by atoms with Crippen LogP contribution in [0.2, 0.25) is 0 Å². The van der Waals surface area contributed by atoms with Crippen molar-refractivity contribution < 1.29 is 4.74 Å². The highest BCUT2D eigenvalue weighted by molar-refractivity contribution is 9.08. The van der Waals surface area contributed by atoms with E-state index in [1.54, 1.807) is 0 Å². The van der Waals surface area contributed by atoms with E-state index in [1.807, 2.05) is 56.4 Å². The summed E-state index contributed by atoms with van der Waals surface area (Å²) in [7, 11) is 4.01. The third kappa shape index (κ3) is 3.47. The zero-order valence-corrected chi connectivity index (χ0v) is 12.9. The van der Waals surface area contributed by atoms with Crippen molar-refractivity contribution in [1.82, 2.24) is 4.98 Å². The lowest BCUT2D eigenvalue weighted by Crippen LogP contribution is -2.08. The third-order valence-electron chi connectivity index (χ3n) is 2.79. The molecule has 2 rings (SSSR count). The lowest BCUT2D eigenvalue weighted by molar-refractivity contribution is 0.458. The van der Waals surface area contributed by atoms with Crippen LogP contribution in [0.15, 0.2) is 36.5 Å². The first-order valence-corrected chi connectivity index (χ1v) is 7.19. The highest BCUT2D eigenvalue weighted by Gasteiger charge is 2.05. The first-order chi connectivity index (χ1) is 9.10. The van der Waals surface area contributed by atoms with Crippen LogP contribution in [0.4, 0.5) is 5.69 Å². The van der Waals surface area contributed by atoms with Gasteiger partial charge < -0.3 is 9.64 Å². The highest BCUT2D eigenvalue weighted by atomic mass is 79.9. The van der Waals surface area contributed by atoms with E-state index in [0.29, 0.717) is 5.88 Å². The molecule has 1 aromatic carbocycles. The second-order valence-electron chi connectivity index (χ2n) is 4.59. The molecule has 0 atom stereocenters. The Kier molecular flexibility index (Phi) is 4.43. The van der Waals surface area contributed by atoms with Gasteiger partial charge in [0, 0.05) is 42.9 Å². The zero-order valence-electron chi connectivity index (χ0n) is 11.4. The van der Waals surface area contributed by atoms with Gasteiger partial charge in [-0.2, -0.15) is 0 Å². The molecule has 1 aromatic heterocycles. The van der Waals surface area contributed by atoms with Crippen molar-refractivity contribution in [2.75, 3.05) is 19.0 Å². The molecule has 0 spiro atoms. The molecule has 0 fully saturated rings. The van der Waals surface area contributed by atoms with Gasteiger partial charge in [-0.1, -0.05) is 22.0 Å². The first kappa shape index (κ1) is 13.9. The molecule has 0 N–H and O–H groups in total. The Bertz CT molecular complexity index is 570. The Hall–Kier alpha value is -1.55. The number of alkyl halides is 1. The molecule has 100 valence electrons. The molecule has 3 nitrogen and oxygen atoms in total. The molecule has 4 heteroatoms. The van der Waals surface area contributed by atoms with E-state index in [9.17, 15) is 0 Å². The van der Waals surface area contributed by atoms with E-state index in [1.165, 1.54) is 0 Å². The second-order valence-corrected chi connectivity index (χ2v) is 5.15. The maximum absolute atomic E-state index is 5.85. The Labute approximate surface area is 122 Å². The fourth-order valence-corrected chi connectivity index (χ4v) is 2.04. The Morgan fingerprint density at radius 1 is 1.26 bits per heavy atom. The average Bonchev–Trinajstić information content (AvgIpc) is 2.41. The fourth-order valence-electron chi connectivity index (χ4n) is 1.74. The summed E-state index contributed by atoms with van der Waals surface area (Å²) in [5.41, 5.74) is 3.28. The highest BCUT2D eigenvalue weighted by Crippen LogP contribution is 2.26. The molecule has 0 amide bonds. The minimum Gasteiger partial charge on any atom is -0.439 e. The van der Waals surface area contributed by atoms with Crippen LogP contribution >= 0.6 is 15.9 Å². The van der Waals surface area contributed by atoms with E-state index >= 15 is 0 Å². The molecule has 1 heterocycles. The molecule has 0 saturated heterocycles. The van der Waals surface area contributed by atoms with Gasteiger partial charge in [0.2, 0.25) is 5.88 Å². The number of pyridine rings is 1. The molecule has 0 aliphatic carbocycles. The molecule has 0 saturated carbocycles. The van der Waals surface area contributed by atoms with Crippen molar-refractivity contribution in [3.63, 3.8) is 0 Å². The Balaban J connectivity index is 2.23.